The van der Waals surface area contributed by atoms with Gasteiger partial charge in [-0.2, -0.15) is 0 Å². The Labute approximate surface area is 83.5 Å². The summed E-state index contributed by atoms with van der Waals surface area (Å²) in [5, 5.41) is 8.73. The van der Waals surface area contributed by atoms with E-state index in [1.54, 1.807) is 0 Å². The summed E-state index contributed by atoms with van der Waals surface area (Å²) in [5.74, 6) is 1.60. The van der Waals surface area contributed by atoms with Gasteiger partial charge in [0.15, 0.2) is 0 Å². The highest BCUT2D eigenvalue weighted by Crippen LogP contribution is 2.17. The number of aliphatic hydroxyl groups is 1. The van der Waals surface area contributed by atoms with E-state index < -0.39 is 0 Å². The predicted molar refractivity (Wildman–Crippen MR) is 58.8 cm³/mol. The Morgan fingerprint density at radius 3 is 1.92 bits per heavy atom. The van der Waals surface area contributed by atoms with Crippen LogP contribution >= 0.6 is 0 Å². The van der Waals surface area contributed by atoms with Crippen molar-refractivity contribution in [2.75, 3.05) is 6.61 Å². The lowest BCUT2D eigenvalue weighted by molar-refractivity contribution is 0.255. The van der Waals surface area contributed by atoms with Crippen molar-refractivity contribution in [3.05, 3.63) is 0 Å². The van der Waals surface area contributed by atoms with Crippen LogP contribution in [0.5, 0.6) is 0 Å². The molecule has 0 saturated carbocycles. The molecule has 0 spiro atoms. The van der Waals surface area contributed by atoms with E-state index in [0.29, 0.717) is 12.5 Å². The monoisotopic (exact) mass is 186 g/mol. The summed E-state index contributed by atoms with van der Waals surface area (Å²) < 4.78 is 0. The predicted octanol–water partition coefficient (Wildman–Crippen LogP) is 3.61. The van der Waals surface area contributed by atoms with E-state index in [9.17, 15) is 0 Å². The summed E-state index contributed by atoms with van der Waals surface area (Å²) in [7, 11) is 0. The molecule has 0 aliphatic heterocycles. The molecule has 1 heteroatoms. The van der Waals surface area contributed by atoms with E-state index in [4.69, 9.17) is 5.11 Å². The Morgan fingerprint density at radius 2 is 1.46 bits per heavy atom. The van der Waals surface area contributed by atoms with Gasteiger partial charge in [0.05, 0.1) is 0 Å². The molecule has 2 atom stereocenters. The van der Waals surface area contributed by atoms with Crippen LogP contribution in [-0.2, 0) is 0 Å². The van der Waals surface area contributed by atoms with Crippen molar-refractivity contribution in [1.29, 1.82) is 0 Å². The van der Waals surface area contributed by atoms with Crippen molar-refractivity contribution in [2.45, 2.75) is 59.3 Å². The van der Waals surface area contributed by atoms with Crippen molar-refractivity contribution in [3.63, 3.8) is 0 Å². The van der Waals surface area contributed by atoms with Crippen LogP contribution in [0.3, 0.4) is 0 Å². The molecule has 0 fully saturated rings. The van der Waals surface area contributed by atoms with Crippen LogP contribution in [-0.4, -0.2) is 11.7 Å². The molecule has 13 heavy (non-hydrogen) atoms. The highest BCUT2D eigenvalue weighted by atomic mass is 16.3. The molecule has 0 aliphatic carbocycles. The normalized spacial score (nSPS) is 15.7. The lowest BCUT2D eigenvalue weighted by atomic mass is 9.95. The van der Waals surface area contributed by atoms with Crippen LogP contribution in [0, 0.1) is 11.8 Å². The topological polar surface area (TPSA) is 20.2 Å². The van der Waals surface area contributed by atoms with Crippen LogP contribution in [0.2, 0.25) is 0 Å². The van der Waals surface area contributed by atoms with Gasteiger partial charge in [-0.1, -0.05) is 52.9 Å². The summed E-state index contributed by atoms with van der Waals surface area (Å²) in [5.41, 5.74) is 0. The SMILES string of the molecule is CCC[C@@H](C)CCC[C@@H](C)CCO. The van der Waals surface area contributed by atoms with Gasteiger partial charge in [-0.05, 0) is 18.3 Å². The van der Waals surface area contributed by atoms with Crippen molar-refractivity contribution in [3.8, 4) is 0 Å². The van der Waals surface area contributed by atoms with Gasteiger partial charge in [-0.25, -0.2) is 0 Å². The molecule has 0 heterocycles. The van der Waals surface area contributed by atoms with E-state index in [-0.39, 0.29) is 0 Å². The van der Waals surface area contributed by atoms with Crippen molar-refractivity contribution in [1.82, 2.24) is 0 Å². The van der Waals surface area contributed by atoms with Gasteiger partial charge in [-0.15, -0.1) is 0 Å². The van der Waals surface area contributed by atoms with Gasteiger partial charge in [-0.3, -0.25) is 0 Å². The largest absolute Gasteiger partial charge is 0.396 e. The first kappa shape index (κ1) is 13.0. The summed E-state index contributed by atoms with van der Waals surface area (Å²) in [6, 6.07) is 0. The fourth-order valence-corrected chi connectivity index (χ4v) is 1.82. The molecule has 0 aromatic heterocycles. The molecule has 0 aromatic rings. The maximum atomic E-state index is 8.73. The maximum Gasteiger partial charge on any atom is 0.0433 e. The van der Waals surface area contributed by atoms with Gasteiger partial charge in [0.2, 0.25) is 0 Å². The van der Waals surface area contributed by atoms with Crippen molar-refractivity contribution < 1.29 is 5.11 Å². The highest BCUT2D eigenvalue weighted by Gasteiger charge is 2.04. The Morgan fingerprint density at radius 1 is 0.923 bits per heavy atom. The number of rotatable bonds is 8. The maximum absolute atomic E-state index is 8.73. The summed E-state index contributed by atoms with van der Waals surface area (Å²) in [6.45, 7) is 7.19. The molecule has 0 bridgehead atoms. The van der Waals surface area contributed by atoms with E-state index >= 15 is 0 Å². The average molecular weight is 186 g/mol. The molecule has 0 rings (SSSR count). The summed E-state index contributed by atoms with van der Waals surface area (Å²) >= 11 is 0. The second-order valence-corrected chi connectivity index (χ2v) is 4.44. The van der Waals surface area contributed by atoms with E-state index in [2.05, 4.69) is 20.8 Å². The minimum Gasteiger partial charge on any atom is -0.396 e. The average Bonchev–Trinajstić information content (AvgIpc) is 2.05. The molecule has 0 aliphatic rings. The van der Waals surface area contributed by atoms with Crippen molar-refractivity contribution in [2.24, 2.45) is 11.8 Å². The van der Waals surface area contributed by atoms with Crippen LogP contribution in [0.25, 0.3) is 0 Å². The van der Waals surface area contributed by atoms with Gasteiger partial charge < -0.3 is 5.11 Å². The zero-order chi connectivity index (χ0) is 10.1. The van der Waals surface area contributed by atoms with E-state index in [0.717, 1.165) is 12.3 Å². The first-order valence-corrected chi connectivity index (χ1v) is 5.81. The standard InChI is InChI=1S/C12H26O/c1-4-6-11(2)7-5-8-12(3)9-10-13/h11-13H,4-10H2,1-3H3/t11-,12-/m1/s1. The quantitative estimate of drug-likeness (QED) is 0.614. The highest BCUT2D eigenvalue weighted by molar-refractivity contribution is 4.56. The fraction of sp³-hybridized carbons (Fsp3) is 1.00. The number of hydrogen-bond donors (Lipinski definition) is 1. The second kappa shape index (κ2) is 8.55. The summed E-state index contributed by atoms with van der Waals surface area (Å²) in [6.07, 6.45) is 7.64. The molecular formula is C12H26O. The lowest BCUT2D eigenvalue weighted by Crippen LogP contribution is -2.00. The fourth-order valence-electron chi connectivity index (χ4n) is 1.82. The Hall–Kier alpha value is -0.0400. The zero-order valence-electron chi connectivity index (χ0n) is 9.55. The first-order valence-electron chi connectivity index (χ1n) is 5.81. The molecular weight excluding hydrogens is 160 g/mol. The summed E-state index contributed by atoms with van der Waals surface area (Å²) in [4.78, 5) is 0. The zero-order valence-corrected chi connectivity index (χ0v) is 9.55. The smallest absolute Gasteiger partial charge is 0.0433 e. The van der Waals surface area contributed by atoms with Gasteiger partial charge >= 0.3 is 0 Å². The van der Waals surface area contributed by atoms with E-state index in [1.165, 1.54) is 32.1 Å². The third kappa shape index (κ3) is 8.29. The molecule has 0 radical (unpaired) electrons. The second-order valence-electron chi connectivity index (χ2n) is 4.44. The molecule has 80 valence electrons. The Bertz CT molecular complexity index is 89.3. The molecule has 0 amide bonds. The minimum atomic E-state index is 0.353. The van der Waals surface area contributed by atoms with Crippen LogP contribution in [0.15, 0.2) is 0 Å². The van der Waals surface area contributed by atoms with Crippen LogP contribution in [0.1, 0.15) is 59.3 Å². The first-order chi connectivity index (χ1) is 6.20. The van der Waals surface area contributed by atoms with Crippen LogP contribution < -0.4 is 0 Å². The van der Waals surface area contributed by atoms with Gasteiger partial charge in [0.25, 0.3) is 0 Å². The number of hydrogen-bond acceptors (Lipinski definition) is 1. The Balaban J connectivity index is 3.23. The molecule has 1 nitrogen and oxygen atoms in total. The van der Waals surface area contributed by atoms with Gasteiger partial charge in [0.1, 0.15) is 0 Å². The third-order valence-corrected chi connectivity index (χ3v) is 2.80. The van der Waals surface area contributed by atoms with E-state index in [1.807, 2.05) is 0 Å². The minimum absolute atomic E-state index is 0.353. The molecule has 0 aromatic carbocycles. The molecule has 0 saturated heterocycles. The van der Waals surface area contributed by atoms with Crippen molar-refractivity contribution >= 4 is 0 Å². The third-order valence-electron chi connectivity index (χ3n) is 2.80. The number of aliphatic hydroxyl groups excluding tert-OH is 1. The van der Waals surface area contributed by atoms with Crippen LogP contribution in [0.4, 0.5) is 0 Å². The molecule has 0 unspecified atom stereocenters. The Kier molecular flexibility index (Phi) is 8.53. The molecule has 1 N–H and O–H groups in total. The van der Waals surface area contributed by atoms with Gasteiger partial charge in [0, 0.05) is 6.61 Å². The lowest BCUT2D eigenvalue weighted by Gasteiger charge is -2.12.